The van der Waals surface area contributed by atoms with Crippen molar-refractivity contribution in [2.75, 3.05) is 13.2 Å². The van der Waals surface area contributed by atoms with Gasteiger partial charge in [-0.05, 0) is 31.9 Å². The van der Waals surface area contributed by atoms with Gasteiger partial charge in [0.15, 0.2) is 0 Å². The third kappa shape index (κ3) is 2.85. The molecule has 1 aliphatic heterocycles. The molecule has 1 amide bonds. The number of hydrogen-bond donors (Lipinski definition) is 1. The Bertz CT molecular complexity index is 611. The summed E-state index contributed by atoms with van der Waals surface area (Å²) in [6.07, 6.45) is 4.33. The Morgan fingerprint density at radius 1 is 1.45 bits per heavy atom. The summed E-state index contributed by atoms with van der Waals surface area (Å²) in [5.41, 5.74) is 2.94. The molecule has 2 heterocycles. The van der Waals surface area contributed by atoms with E-state index in [-0.39, 0.29) is 12.0 Å². The van der Waals surface area contributed by atoms with Crippen LogP contribution >= 0.6 is 0 Å². The highest BCUT2D eigenvalue weighted by atomic mass is 16.5. The Labute approximate surface area is 118 Å². The molecule has 0 radical (unpaired) electrons. The van der Waals surface area contributed by atoms with Gasteiger partial charge in [0, 0.05) is 24.1 Å². The number of ether oxygens (including phenoxy) is 1. The maximum absolute atomic E-state index is 12.0. The zero-order valence-electron chi connectivity index (χ0n) is 11.6. The first-order chi connectivity index (χ1) is 9.72. The molecule has 0 bridgehead atoms. The number of carbonyl (C=O) groups is 1. The first-order valence-corrected chi connectivity index (χ1v) is 7.07. The number of rotatable bonds is 4. The second-order valence-corrected chi connectivity index (χ2v) is 5.38. The van der Waals surface area contributed by atoms with Gasteiger partial charge in [0.1, 0.15) is 5.58 Å². The van der Waals surface area contributed by atoms with Crippen molar-refractivity contribution >= 4 is 16.9 Å². The second kappa shape index (κ2) is 5.67. The number of benzene rings is 1. The van der Waals surface area contributed by atoms with Crippen molar-refractivity contribution in [1.82, 2.24) is 5.32 Å². The quantitative estimate of drug-likeness (QED) is 0.931. The molecule has 4 nitrogen and oxygen atoms in total. The SMILES string of the molecule is Cc1ccc2occ(CC(=O)NCC3CCCO3)c2c1. The van der Waals surface area contributed by atoms with Crippen LogP contribution in [0.4, 0.5) is 0 Å². The van der Waals surface area contributed by atoms with E-state index in [9.17, 15) is 4.79 Å². The Morgan fingerprint density at radius 3 is 3.15 bits per heavy atom. The van der Waals surface area contributed by atoms with Crippen molar-refractivity contribution in [3.05, 3.63) is 35.6 Å². The summed E-state index contributed by atoms with van der Waals surface area (Å²) in [5.74, 6) is 0.0182. The summed E-state index contributed by atoms with van der Waals surface area (Å²) in [4.78, 5) is 12.0. The van der Waals surface area contributed by atoms with Gasteiger partial charge < -0.3 is 14.5 Å². The van der Waals surface area contributed by atoms with Crippen LogP contribution in [0.2, 0.25) is 0 Å². The standard InChI is InChI=1S/C16H19NO3/c1-11-4-5-15-14(7-11)12(10-20-15)8-16(18)17-9-13-3-2-6-19-13/h4-5,7,10,13H,2-3,6,8-9H2,1H3,(H,17,18). The van der Waals surface area contributed by atoms with Gasteiger partial charge in [-0.15, -0.1) is 0 Å². The molecule has 1 fully saturated rings. The lowest BCUT2D eigenvalue weighted by Crippen LogP contribution is -2.32. The molecule has 1 unspecified atom stereocenters. The molecular weight excluding hydrogens is 254 g/mol. The van der Waals surface area contributed by atoms with Gasteiger partial charge in [-0.3, -0.25) is 4.79 Å². The number of carbonyl (C=O) groups excluding carboxylic acids is 1. The minimum atomic E-state index is 0.0182. The average Bonchev–Trinajstić information content (AvgIpc) is 3.07. The highest BCUT2D eigenvalue weighted by Crippen LogP contribution is 2.22. The smallest absolute Gasteiger partial charge is 0.224 e. The van der Waals surface area contributed by atoms with E-state index >= 15 is 0 Å². The average molecular weight is 273 g/mol. The molecule has 3 rings (SSSR count). The number of furan rings is 1. The fourth-order valence-electron chi connectivity index (χ4n) is 2.60. The third-order valence-corrected chi connectivity index (χ3v) is 3.71. The highest BCUT2D eigenvalue weighted by molar-refractivity contribution is 5.88. The molecule has 0 saturated carbocycles. The minimum absolute atomic E-state index is 0.0182. The summed E-state index contributed by atoms with van der Waals surface area (Å²) in [5, 5.41) is 3.96. The van der Waals surface area contributed by atoms with E-state index in [1.165, 1.54) is 5.56 Å². The number of nitrogens with one attached hydrogen (secondary N) is 1. The van der Waals surface area contributed by atoms with Crippen LogP contribution in [0.5, 0.6) is 0 Å². The monoisotopic (exact) mass is 273 g/mol. The van der Waals surface area contributed by atoms with E-state index < -0.39 is 0 Å². The predicted octanol–water partition coefficient (Wildman–Crippen LogP) is 2.58. The molecule has 1 aliphatic rings. The molecule has 0 aliphatic carbocycles. The summed E-state index contributed by atoms with van der Waals surface area (Å²) in [7, 11) is 0. The van der Waals surface area contributed by atoms with Crippen LogP contribution < -0.4 is 5.32 Å². The molecule has 1 aromatic carbocycles. The molecule has 1 atom stereocenters. The molecule has 1 saturated heterocycles. The number of hydrogen-bond acceptors (Lipinski definition) is 3. The van der Waals surface area contributed by atoms with E-state index in [4.69, 9.17) is 9.15 Å². The van der Waals surface area contributed by atoms with Gasteiger partial charge in [0.2, 0.25) is 5.91 Å². The summed E-state index contributed by atoms with van der Waals surface area (Å²) in [6.45, 7) is 3.45. The van der Waals surface area contributed by atoms with Crippen LogP contribution in [0, 0.1) is 6.92 Å². The molecule has 2 aromatic rings. The second-order valence-electron chi connectivity index (χ2n) is 5.38. The van der Waals surface area contributed by atoms with E-state index in [1.807, 2.05) is 19.1 Å². The molecule has 106 valence electrons. The molecule has 1 N–H and O–H groups in total. The van der Waals surface area contributed by atoms with Crippen LogP contribution in [-0.2, 0) is 16.0 Å². The highest BCUT2D eigenvalue weighted by Gasteiger charge is 2.17. The topological polar surface area (TPSA) is 51.5 Å². The zero-order valence-corrected chi connectivity index (χ0v) is 11.6. The fraction of sp³-hybridized carbons (Fsp3) is 0.438. The van der Waals surface area contributed by atoms with Gasteiger partial charge in [0.05, 0.1) is 18.8 Å². The van der Waals surface area contributed by atoms with E-state index in [0.29, 0.717) is 13.0 Å². The number of aryl methyl sites for hydroxylation is 1. The van der Waals surface area contributed by atoms with Crippen molar-refractivity contribution in [3.8, 4) is 0 Å². The largest absolute Gasteiger partial charge is 0.464 e. The third-order valence-electron chi connectivity index (χ3n) is 3.71. The lowest BCUT2D eigenvalue weighted by molar-refractivity contribution is -0.120. The summed E-state index contributed by atoms with van der Waals surface area (Å²) >= 11 is 0. The van der Waals surface area contributed by atoms with Crippen molar-refractivity contribution in [2.24, 2.45) is 0 Å². The van der Waals surface area contributed by atoms with Crippen molar-refractivity contribution in [3.63, 3.8) is 0 Å². The maximum atomic E-state index is 12.0. The Morgan fingerprint density at radius 2 is 2.35 bits per heavy atom. The van der Waals surface area contributed by atoms with Crippen LogP contribution in [0.25, 0.3) is 11.0 Å². The lowest BCUT2D eigenvalue weighted by atomic mass is 10.1. The Balaban J connectivity index is 1.63. The van der Waals surface area contributed by atoms with E-state index in [2.05, 4.69) is 11.4 Å². The van der Waals surface area contributed by atoms with Gasteiger partial charge in [-0.2, -0.15) is 0 Å². The first-order valence-electron chi connectivity index (χ1n) is 7.07. The van der Waals surface area contributed by atoms with Gasteiger partial charge >= 0.3 is 0 Å². The molecule has 4 heteroatoms. The van der Waals surface area contributed by atoms with Crippen molar-refractivity contribution in [1.29, 1.82) is 0 Å². The minimum Gasteiger partial charge on any atom is -0.464 e. The zero-order chi connectivity index (χ0) is 13.9. The van der Waals surface area contributed by atoms with Crippen LogP contribution in [0.15, 0.2) is 28.9 Å². The molecule has 1 aromatic heterocycles. The van der Waals surface area contributed by atoms with E-state index in [1.54, 1.807) is 6.26 Å². The molecular formula is C16H19NO3. The number of fused-ring (bicyclic) bond motifs is 1. The van der Waals surface area contributed by atoms with Crippen molar-refractivity contribution < 1.29 is 13.9 Å². The maximum Gasteiger partial charge on any atom is 0.224 e. The predicted molar refractivity (Wildman–Crippen MR) is 76.6 cm³/mol. The number of amides is 1. The summed E-state index contributed by atoms with van der Waals surface area (Å²) < 4.78 is 11.0. The van der Waals surface area contributed by atoms with Gasteiger partial charge in [-0.1, -0.05) is 11.6 Å². The molecule has 0 spiro atoms. The Kier molecular flexibility index (Phi) is 3.74. The van der Waals surface area contributed by atoms with Crippen LogP contribution in [0.3, 0.4) is 0 Å². The van der Waals surface area contributed by atoms with Crippen LogP contribution in [-0.4, -0.2) is 25.2 Å². The van der Waals surface area contributed by atoms with Crippen LogP contribution in [0.1, 0.15) is 24.0 Å². The van der Waals surface area contributed by atoms with E-state index in [0.717, 1.165) is 36.0 Å². The van der Waals surface area contributed by atoms with Crippen molar-refractivity contribution in [2.45, 2.75) is 32.3 Å². The normalized spacial score (nSPS) is 18.6. The lowest BCUT2D eigenvalue weighted by Gasteiger charge is -2.10. The molecule has 20 heavy (non-hydrogen) atoms. The Hall–Kier alpha value is -1.81. The fourth-order valence-corrected chi connectivity index (χ4v) is 2.60. The van der Waals surface area contributed by atoms with Gasteiger partial charge in [-0.25, -0.2) is 0 Å². The van der Waals surface area contributed by atoms with Gasteiger partial charge in [0.25, 0.3) is 0 Å². The first kappa shape index (κ1) is 13.2. The summed E-state index contributed by atoms with van der Waals surface area (Å²) in [6, 6.07) is 6.01.